The Morgan fingerprint density at radius 1 is 1.15 bits per heavy atom. The van der Waals surface area contributed by atoms with Gasteiger partial charge in [-0.25, -0.2) is 4.39 Å². The molecule has 1 atom stereocenters. The monoisotopic (exact) mass is 453 g/mol. The van der Waals surface area contributed by atoms with E-state index >= 15 is 0 Å². The lowest BCUT2D eigenvalue weighted by Crippen LogP contribution is -2.36. The maximum Gasteiger partial charge on any atom is 0.251 e. The molecule has 1 saturated heterocycles. The summed E-state index contributed by atoms with van der Waals surface area (Å²) in [4.78, 5) is 15.0. The van der Waals surface area contributed by atoms with Crippen molar-refractivity contribution in [3.8, 4) is 0 Å². The molecule has 1 unspecified atom stereocenters. The van der Waals surface area contributed by atoms with E-state index in [4.69, 9.17) is 5.11 Å². The topological polar surface area (TPSA) is 77.7 Å². The number of fused-ring (bicyclic) bond motifs is 1. The number of hydrogen-bond acceptors (Lipinski definition) is 4. The van der Waals surface area contributed by atoms with Crippen molar-refractivity contribution in [2.45, 2.75) is 38.3 Å². The zero-order chi connectivity index (χ0) is 23.4. The predicted molar refractivity (Wildman–Crippen MR) is 127 cm³/mol. The summed E-state index contributed by atoms with van der Waals surface area (Å²) in [6, 6.07) is 15.0. The molecule has 1 fully saturated rings. The van der Waals surface area contributed by atoms with Crippen molar-refractivity contribution in [1.29, 1.82) is 0 Å². The molecule has 1 aliphatic heterocycles. The molecule has 0 saturated carbocycles. The van der Waals surface area contributed by atoms with E-state index in [0.717, 1.165) is 55.4 Å². The van der Waals surface area contributed by atoms with Crippen LogP contribution in [0.1, 0.15) is 40.5 Å². The number of carbonyl (C=O) groups excluding carboxylic acids is 1. The minimum atomic E-state index is -0.961. The van der Waals surface area contributed by atoms with Gasteiger partial charge in [-0.1, -0.05) is 18.2 Å². The van der Waals surface area contributed by atoms with Crippen LogP contribution in [-0.4, -0.2) is 64.5 Å². The molecule has 2 heterocycles. The number of likely N-dealkylation sites (tertiary alicyclic amines) is 1. The van der Waals surface area contributed by atoms with Gasteiger partial charge in [-0.05, 0) is 67.5 Å². The van der Waals surface area contributed by atoms with E-state index in [1.165, 1.54) is 17.8 Å². The van der Waals surface area contributed by atoms with Crippen molar-refractivity contribution in [3.63, 3.8) is 0 Å². The molecule has 176 valence electrons. The Morgan fingerprint density at radius 3 is 2.58 bits per heavy atom. The Bertz CT molecular complexity index is 1090. The number of nitrogens with zero attached hydrogens (tertiary/aromatic N) is 2. The lowest BCUT2D eigenvalue weighted by molar-refractivity contribution is 0.0802. The van der Waals surface area contributed by atoms with Gasteiger partial charge >= 0.3 is 0 Å². The second-order valence-electron chi connectivity index (χ2n) is 8.93. The van der Waals surface area contributed by atoms with Crippen molar-refractivity contribution in [1.82, 2.24) is 14.8 Å². The van der Waals surface area contributed by atoms with Gasteiger partial charge in [-0.15, -0.1) is 0 Å². The Kier molecular flexibility index (Phi) is 7.42. The highest BCUT2D eigenvalue weighted by molar-refractivity contribution is 5.98. The lowest BCUT2D eigenvalue weighted by atomic mass is 10.0. The van der Waals surface area contributed by atoms with Crippen molar-refractivity contribution < 1.29 is 19.4 Å². The summed E-state index contributed by atoms with van der Waals surface area (Å²) in [5.74, 6) is -0.456. The molecular weight excluding hydrogens is 421 g/mol. The van der Waals surface area contributed by atoms with Gasteiger partial charge in [0.2, 0.25) is 0 Å². The summed E-state index contributed by atoms with van der Waals surface area (Å²) in [6.45, 7) is 4.72. The van der Waals surface area contributed by atoms with Gasteiger partial charge in [0.05, 0.1) is 12.7 Å². The zero-order valence-electron chi connectivity index (χ0n) is 19.0. The van der Waals surface area contributed by atoms with Crippen LogP contribution in [0.2, 0.25) is 0 Å². The number of benzene rings is 2. The van der Waals surface area contributed by atoms with E-state index in [-0.39, 0.29) is 24.9 Å². The van der Waals surface area contributed by atoms with Crippen molar-refractivity contribution in [2.75, 3.05) is 32.8 Å². The average molecular weight is 454 g/mol. The number of carbonyl (C=O) groups is 1. The fourth-order valence-corrected chi connectivity index (χ4v) is 4.70. The molecule has 1 aliphatic rings. The standard InChI is InChI=1S/C26H32FN3O3/c1-18-14-20-4-5-21(26(33)28-16-24(32)17-31)15-25(20)30(18)23-9-12-29(13-10-23)11-8-19-2-6-22(27)7-3-19/h2-7,14-15,23-24,31-32H,8-13,16-17H2,1H3,(H,28,33). The van der Waals surface area contributed by atoms with Crippen molar-refractivity contribution in [3.05, 3.63) is 71.2 Å². The molecule has 3 N–H and O–H groups in total. The third-order valence-electron chi connectivity index (χ3n) is 6.56. The Labute approximate surface area is 193 Å². The minimum Gasteiger partial charge on any atom is -0.394 e. The van der Waals surface area contributed by atoms with Gasteiger partial charge in [-0.3, -0.25) is 4.79 Å². The molecule has 0 radical (unpaired) electrons. The van der Waals surface area contributed by atoms with Gasteiger partial charge in [0.15, 0.2) is 0 Å². The first-order valence-electron chi connectivity index (χ1n) is 11.6. The summed E-state index contributed by atoms with van der Waals surface area (Å²) >= 11 is 0. The molecule has 3 aromatic rings. The van der Waals surface area contributed by atoms with Crippen LogP contribution in [0, 0.1) is 12.7 Å². The first-order chi connectivity index (χ1) is 15.9. The largest absolute Gasteiger partial charge is 0.394 e. The number of piperidine rings is 1. The number of amides is 1. The average Bonchev–Trinajstić information content (AvgIpc) is 3.17. The predicted octanol–water partition coefficient (Wildman–Crippen LogP) is 3.05. The Hall–Kier alpha value is -2.74. The van der Waals surface area contributed by atoms with Crippen LogP contribution in [0.15, 0.2) is 48.5 Å². The van der Waals surface area contributed by atoms with Gasteiger partial charge in [-0.2, -0.15) is 0 Å². The second kappa shape index (κ2) is 10.5. The number of aromatic nitrogens is 1. The fourth-order valence-electron chi connectivity index (χ4n) is 4.70. The quantitative estimate of drug-likeness (QED) is 0.490. The molecule has 0 spiro atoms. The highest BCUT2D eigenvalue weighted by Crippen LogP contribution is 2.31. The van der Waals surface area contributed by atoms with E-state index in [1.807, 2.05) is 24.3 Å². The molecule has 1 amide bonds. The summed E-state index contributed by atoms with van der Waals surface area (Å²) in [6.07, 6.45) is 2.03. The SMILES string of the molecule is Cc1cc2ccc(C(=O)NCC(O)CO)cc2n1C1CCN(CCc2ccc(F)cc2)CC1. The number of halogens is 1. The molecule has 4 rings (SSSR count). The van der Waals surface area contributed by atoms with Crippen LogP contribution in [0.25, 0.3) is 10.9 Å². The number of hydrogen-bond donors (Lipinski definition) is 3. The first kappa shape index (κ1) is 23.4. The van der Waals surface area contributed by atoms with E-state index in [2.05, 4.69) is 27.8 Å². The first-order valence-corrected chi connectivity index (χ1v) is 11.6. The Balaban J connectivity index is 1.41. The van der Waals surface area contributed by atoms with Gasteiger partial charge in [0.1, 0.15) is 5.82 Å². The molecule has 0 bridgehead atoms. The van der Waals surface area contributed by atoms with E-state index in [0.29, 0.717) is 11.6 Å². The van der Waals surface area contributed by atoms with Crippen LogP contribution < -0.4 is 5.32 Å². The molecule has 6 nitrogen and oxygen atoms in total. The van der Waals surface area contributed by atoms with Gasteiger partial charge in [0.25, 0.3) is 5.91 Å². The number of rotatable bonds is 8. The maximum absolute atomic E-state index is 13.1. The molecule has 0 aliphatic carbocycles. The molecule has 33 heavy (non-hydrogen) atoms. The second-order valence-corrected chi connectivity index (χ2v) is 8.93. The molecule has 1 aromatic heterocycles. The third kappa shape index (κ3) is 5.61. The summed E-state index contributed by atoms with van der Waals surface area (Å²) in [7, 11) is 0. The summed E-state index contributed by atoms with van der Waals surface area (Å²) in [5.41, 5.74) is 3.93. The van der Waals surface area contributed by atoms with E-state index in [9.17, 15) is 14.3 Å². The molecule has 2 aromatic carbocycles. The number of aryl methyl sites for hydroxylation is 1. The van der Waals surface area contributed by atoms with E-state index in [1.54, 1.807) is 6.07 Å². The number of aliphatic hydroxyl groups is 2. The molecule has 7 heteroatoms. The van der Waals surface area contributed by atoms with Crippen LogP contribution in [0.5, 0.6) is 0 Å². The maximum atomic E-state index is 13.1. The van der Waals surface area contributed by atoms with E-state index < -0.39 is 6.10 Å². The lowest BCUT2D eigenvalue weighted by Gasteiger charge is -2.34. The Morgan fingerprint density at radius 2 is 1.88 bits per heavy atom. The normalized spacial score (nSPS) is 16.2. The van der Waals surface area contributed by atoms with Crippen molar-refractivity contribution in [2.24, 2.45) is 0 Å². The van der Waals surface area contributed by atoms with Crippen LogP contribution in [0.4, 0.5) is 4.39 Å². The minimum absolute atomic E-state index is 0.0177. The fraction of sp³-hybridized carbons (Fsp3) is 0.423. The third-order valence-corrected chi connectivity index (χ3v) is 6.56. The van der Waals surface area contributed by atoms with Crippen molar-refractivity contribution >= 4 is 16.8 Å². The smallest absolute Gasteiger partial charge is 0.251 e. The van der Waals surface area contributed by atoms with Crippen LogP contribution in [-0.2, 0) is 6.42 Å². The summed E-state index contributed by atoms with van der Waals surface area (Å²) in [5, 5.41) is 22.2. The molecular formula is C26H32FN3O3. The van der Waals surface area contributed by atoms with Gasteiger partial charge < -0.3 is 25.0 Å². The van der Waals surface area contributed by atoms with Gasteiger partial charge in [0, 0.05) is 49.0 Å². The zero-order valence-corrected chi connectivity index (χ0v) is 19.0. The number of aliphatic hydroxyl groups excluding tert-OH is 2. The van der Waals surface area contributed by atoms with Crippen LogP contribution >= 0.6 is 0 Å². The summed E-state index contributed by atoms with van der Waals surface area (Å²) < 4.78 is 15.5. The highest BCUT2D eigenvalue weighted by Gasteiger charge is 2.23. The van der Waals surface area contributed by atoms with Crippen LogP contribution in [0.3, 0.4) is 0 Å². The highest BCUT2D eigenvalue weighted by atomic mass is 19.1. The number of nitrogens with one attached hydrogen (secondary N) is 1.